The van der Waals surface area contributed by atoms with Gasteiger partial charge in [-0.15, -0.1) is 0 Å². The topological polar surface area (TPSA) is 34.1 Å². The molecule has 2 heteroatoms. The third kappa shape index (κ3) is 6.78. The van der Waals surface area contributed by atoms with Crippen molar-refractivity contribution in [3.63, 3.8) is 0 Å². The fourth-order valence-corrected chi connectivity index (χ4v) is 3.43. The average Bonchev–Trinajstić information content (AvgIpc) is 2.69. The van der Waals surface area contributed by atoms with Crippen LogP contribution in [-0.2, 0) is 0 Å². The van der Waals surface area contributed by atoms with Gasteiger partial charge in [-0.3, -0.25) is 9.59 Å². The van der Waals surface area contributed by atoms with Crippen molar-refractivity contribution in [2.75, 3.05) is 0 Å². The molecule has 0 unspecified atom stereocenters. The molecule has 0 aliphatic rings. The van der Waals surface area contributed by atoms with Crippen molar-refractivity contribution in [2.24, 2.45) is 0 Å². The molecule has 0 fully saturated rings. The zero-order valence-electron chi connectivity index (χ0n) is 16.8. The van der Waals surface area contributed by atoms with Crippen LogP contribution in [0.1, 0.15) is 96.6 Å². The molecular formula is C25H32O2. The van der Waals surface area contributed by atoms with Gasteiger partial charge in [0.15, 0.2) is 11.6 Å². The van der Waals surface area contributed by atoms with Crippen molar-refractivity contribution >= 4 is 11.6 Å². The second kappa shape index (κ2) is 11.5. The summed E-state index contributed by atoms with van der Waals surface area (Å²) < 4.78 is 0. The summed E-state index contributed by atoms with van der Waals surface area (Å²) in [5.74, 6) is 0.193. The van der Waals surface area contributed by atoms with Crippen LogP contribution in [0.3, 0.4) is 0 Å². The zero-order chi connectivity index (χ0) is 19.5. The summed E-state index contributed by atoms with van der Waals surface area (Å²) in [6.07, 6.45) is 10.5. The summed E-state index contributed by atoms with van der Waals surface area (Å²) in [6, 6.07) is 14.7. The minimum Gasteiger partial charge on any atom is -0.294 e. The van der Waals surface area contributed by atoms with Crippen molar-refractivity contribution in [3.05, 3.63) is 70.8 Å². The molecule has 0 saturated heterocycles. The highest BCUT2D eigenvalue weighted by molar-refractivity contribution is 6.09. The maximum Gasteiger partial charge on any atom is 0.193 e. The molecule has 0 N–H and O–H groups in total. The molecule has 2 aromatic carbocycles. The van der Waals surface area contributed by atoms with Gasteiger partial charge < -0.3 is 0 Å². The van der Waals surface area contributed by atoms with Crippen molar-refractivity contribution in [2.45, 2.75) is 71.6 Å². The van der Waals surface area contributed by atoms with Crippen molar-refractivity contribution in [1.29, 1.82) is 0 Å². The Kier molecular flexibility index (Phi) is 8.97. The van der Waals surface area contributed by atoms with Gasteiger partial charge >= 0.3 is 0 Å². The Bertz CT molecular complexity index is 731. The van der Waals surface area contributed by atoms with E-state index < -0.39 is 0 Å². The van der Waals surface area contributed by atoms with E-state index in [1.165, 1.54) is 38.5 Å². The highest BCUT2D eigenvalue weighted by atomic mass is 16.1. The van der Waals surface area contributed by atoms with E-state index in [4.69, 9.17) is 0 Å². The standard InChI is InChI=1S/C25H32O2/c1-3-4-5-6-7-8-9-13-16-24(26)23-18-17-22(19-20(23)2)25(27)21-14-11-10-12-15-21/h10-12,14-15,17-19H,3-9,13,16H2,1-2H3. The van der Waals surface area contributed by atoms with E-state index in [9.17, 15) is 9.59 Å². The van der Waals surface area contributed by atoms with E-state index in [1.54, 1.807) is 6.07 Å². The van der Waals surface area contributed by atoms with Crippen LogP contribution in [0.2, 0.25) is 0 Å². The van der Waals surface area contributed by atoms with E-state index in [-0.39, 0.29) is 11.6 Å². The van der Waals surface area contributed by atoms with Gasteiger partial charge in [-0.2, -0.15) is 0 Å². The van der Waals surface area contributed by atoms with Gasteiger partial charge in [-0.25, -0.2) is 0 Å². The van der Waals surface area contributed by atoms with E-state index in [0.29, 0.717) is 17.5 Å². The highest BCUT2D eigenvalue weighted by Gasteiger charge is 2.13. The lowest BCUT2D eigenvalue weighted by Gasteiger charge is -2.08. The van der Waals surface area contributed by atoms with Crippen LogP contribution >= 0.6 is 0 Å². The van der Waals surface area contributed by atoms with Gasteiger partial charge in [-0.05, 0) is 25.0 Å². The SMILES string of the molecule is CCCCCCCCCCC(=O)c1ccc(C(=O)c2ccccc2)cc1C. The lowest BCUT2D eigenvalue weighted by Crippen LogP contribution is -2.06. The van der Waals surface area contributed by atoms with Crippen molar-refractivity contribution < 1.29 is 9.59 Å². The number of rotatable bonds is 12. The van der Waals surface area contributed by atoms with Gasteiger partial charge in [0.1, 0.15) is 0 Å². The average molecular weight is 365 g/mol. The molecule has 0 heterocycles. The zero-order valence-corrected chi connectivity index (χ0v) is 16.8. The second-order valence-electron chi connectivity index (χ2n) is 7.37. The van der Waals surface area contributed by atoms with E-state index >= 15 is 0 Å². The molecule has 0 atom stereocenters. The molecular weight excluding hydrogens is 332 g/mol. The number of hydrogen-bond donors (Lipinski definition) is 0. The first-order valence-electron chi connectivity index (χ1n) is 10.4. The molecule has 0 saturated carbocycles. The Morgan fingerprint density at radius 1 is 0.741 bits per heavy atom. The molecule has 0 aliphatic heterocycles. The van der Waals surface area contributed by atoms with Gasteiger partial charge in [0.05, 0.1) is 0 Å². The number of Topliss-reactive ketones (excluding diaryl/α,β-unsaturated/α-hetero) is 1. The largest absolute Gasteiger partial charge is 0.294 e. The van der Waals surface area contributed by atoms with Crippen molar-refractivity contribution in [3.8, 4) is 0 Å². The highest BCUT2D eigenvalue weighted by Crippen LogP contribution is 2.18. The summed E-state index contributed by atoms with van der Waals surface area (Å²) in [4.78, 5) is 25.0. The monoisotopic (exact) mass is 364 g/mol. The summed E-state index contributed by atoms with van der Waals surface area (Å²) in [5.41, 5.74) is 2.96. The Hall–Kier alpha value is -2.22. The minimum atomic E-state index is 0.000715. The first kappa shape index (κ1) is 21.1. The number of carbonyl (C=O) groups excluding carboxylic acids is 2. The normalized spacial score (nSPS) is 10.7. The number of benzene rings is 2. The Morgan fingerprint density at radius 3 is 2.00 bits per heavy atom. The number of ketones is 2. The number of aryl methyl sites for hydroxylation is 1. The summed E-state index contributed by atoms with van der Waals surface area (Å²) in [5, 5.41) is 0. The molecule has 2 aromatic rings. The first-order chi connectivity index (χ1) is 13.1. The fourth-order valence-electron chi connectivity index (χ4n) is 3.43. The van der Waals surface area contributed by atoms with Crippen molar-refractivity contribution in [1.82, 2.24) is 0 Å². The second-order valence-corrected chi connectivity index (χ2v) is 7.37. The van der Waals surface area contributed by atoms with Crippen LogP contribution in [0.15, 0.2) is 48.5 Å². The Morgan fingerprint density at radius 2 is 1.37 bits per heavy atom. The predicted octanol–water partition coefficient (Wildman–Crippen LogP) is 6.94. The molecule has 2 rings (SSSR count). The van der Waals surface area contributed by atoms with Crippen LogP contribution in [0.5, 0.6) is 0 Å². The molecule has 0 aromatic heterocycles. The quantitative estimate of drug-likeness (QED) is 0.302. The molecule has 0 radical (unpaired) electrons. The van der Waals surface area contributed by atoms with E-state index in [2.05, 4.69) is 6.92 Å². The summed E-state index contributed by atoms with van der Waals surface area (Å²) in [6.45, 7) is 4.15. The van der Waals surface area contributed by atoms with E-state index in [1.807, 2.05) is 49.4 Å². The number of hydrogen-bond acceptors (Lipinski definition) is 2. The maximum atomic E-state index is 12.5. The molecule has 2 nitrogen and oxygen atoms in total. The molecule has 0 bridgehead atoms. The molecule has 0 spiro atoms. The fraction of sp³-hybridized carbons (Fsp3) is 0.440. The molecule has 144 valence electrons. The Balaban J connectivity index is 1.82. The molecule has 0 amide bonds. The third-order valence-electron chi connectivity index (χ3n) is 5.08. The lowest BCUT2D eigenvalue weighted by molar-refractivity contribution is 0.0976. The van der Waals surface area contributed by atoms with Crippen LogP contribution in [0.4, 0.5) is 0 Å². The maximum absolute atomic E-state index is 12.5. The van der Waals surface area contributed by atoms with Crippen LogP contribution in [-0.4, -0.2) is 11.6 Å². The summed E-state index contributed by atoms with van der Waals surface area (Å²) >= 11 is 0. The smallest absolute Gasteiger partial charge is 0.193 e. The van der Waals surface area contributed by atoms with E-state index in [0.717, 1.165) is 24.0 Å². The van der Waals surface area contributed by atoms with Gasteiger partial charge in [0.25, 0.3) is 0 Å². The first-order valence-corrected chi connectivity index (χ1v) is 10.4. The van der Waals surface area contributed by atoms with Crippen LogP contribution in [0.25, 0.3) is 0 Å². The van der Waals surface area contributed by atoms with Gasteiger partial charge in [0, 0.05) is 23.1 Å². The predicted molar refractivity (Wildman–Crippen MR) is 113 cm³/mol. The summed E-state index contributed by atoms with van der Waals surface area (Å²) in [7, 11) is 0. The lowest BCUT2D eigenvalue weighted by atomic mass is 9.95. The number of unbranched alkanes of at least 4 members (excludes halogenated alkanes) is 7. The third-order valence-corrected chi connectivity index (χ3v) is 5.08. The van der Waals surface area contributed by atoms with Gasteiger partial charge in [0.2, 0.25) is 0 Å². The number of carbonyl (C=O) groups is 2. The van der Waals surface area contributed by atoms with Crippen LogP contribution < -0.4 is 0 Å². The Labute approximate surface area is 164 Å². The van der Waals surface area contributed by atoms with Gasteiger partial charge in [-0.1, -0.05) is 94.3 Å². The molecule has 27 heavy (non-hydrogen) atoms. The molecule has 0 aliphatic carbocycles. The van der Waals surface area contributed by atoms with Crippen LogP contribution in [0, 0.1) is 6.92 Å². The minimum absolute atomic E-state index is 0.000715.